The molecule has 1 rings (SSSR count). The molecule has 0 N–H and O–H groups in total. The Morgan fingerprint density at radius 2 is 1.42 bits per heavy atom. The fraction of sp³-hybridized carbons (Fsp3) is 0.389. The van der Waals surface area contributed by atoms with Crippen LogP contribution in [-0.2, 0) is 23.8 Å². The van der Waals surface area contributed by atoms with Crippen molar-refractivity contribution in [3.05, 3.63) is 48.6 Å². The number of ether oxygens (including phenoxy) is 3. The molecule has 0 amide bonds. The van der Waals surface area contributed by atoms with Crippen LogP contribution in [0.5, 0.6) is 0 Å². The highest BCUT2D eigenvalue weighted by Crippen LogP contribution is 2.00. The monoisotopic (exact) mass is 336 g/mol. The second-order valence-corrected chi connectivity index (χ2v) is 4.36. The lowest BCUT2D eigenvalue weighted by Gasteiger charge is -2.01. The summed E-state index contributed by atoms with van der Waals surface area (Å²) in [6, 6.07) is 8.87. The molecule has 0 saturated carbocycles. The largest absolute Gasteiger partial charge is 0.466 e. The summed E-state index contributed by atoms with van der Waals surface area (Å²) < 4.78 is 14.1. The van der Waals surface area contributed by atoms with E-state index in [0.717, 1.165) is 0 Å². The first-order chi connectivity index (χ1) is 11.5. The molecule has 132 valence electrons. The number of benzene rings is 1. The summed E-state index contributed by atoms with van der Waals surface area (Å²) in [5, 5.41) is 0. The van der Waals surface area contributed by atoms with Crippen molar-refractivity contribution in [2.45, 2.75) is 26.7 Å². The Morgan fingerprint density at radius 1 is 0.917 bits per heavy atom. The molecule has 0 fully saturated rings. The molecular weight excluding hydrogens is 312 g/mol. The molecule has 1 aromatic carbocycles. The van der Waals surface area contributed by atoms with Crippen molar-refractivity contribution in [3.8, 4) is 0 Å². The Bertz CT molecular complexity index is 492. The van der Waals surface area contributed by atoms with Crippen LogP contribution in [0.25, 0.3) is 0 Å². The van der Waals surface area contributed by atoms with Crippen molar-refractivity contribution < 1.29 is 28.6 Å². The van der Waals surface area contributed by atoms with Gasteiger partial charge in [0, 0.05) is 0 Å². The summed E-state index contributed by atoms with van der Waals surface area (Å²) in [4.78, 5) is 32.6. The molecule has 0 unspecified atom stereocenters. The van der Waals surface area contributed by atoms with Gasteiger partial charge in [-0.25, -0.2) is 4.79 Å². The van der Waals surface area contributed by atoms with Gasteiger partial charge in [0.25, 0.3) is 0 Å². The third kappa shape index (κ3) is 11.0. The highest BCUT2D eigenvalue weighted by Gasteiger charge is 2.07. The van der Waals surface area contributed by atoms with E-state index in [1.165, 1.54) is 0 Å². The molecule has 0 aliphatic carbocycles. The summed E-state index contributed by atoms with van der Waals surface area (Å²) in [7, 11) is 0. The van der Waals surface area contributed by atoms with Gasteiger partial charge in [-0.1, -0.05) is 30.9 Å². The number of carbonyl (C=O) groups is 3. The zero-order valence-corrected chi connectivity index (χ0v) is 14.2. The fourth-order valence-corrected chi connectivity index (χ4v) is 1.46. The van der Waals surface area contributed by atoms with Gasteiger partial charge in [0.1, 0.15) is 6.61 Å². The van der Waals surface area contributed by atoms with E-state index in [9.17, 15) is 14.4 Å². The molecule has 0 spiro atoms. The minimum absolute atomic E-state index is 0.104. The van der Waals surface area contributed by atoms with E-state index in [-0.39, 0.29) is 37.4 Å². The average Bonchev–Trinajstić information content (AvgIpc) is 2.60. The number of rotatable bonds is 8. The Morgan fingerprint density at radius 3 is 1.83 bits per heavy atom. The van der Waals surface area contributed by atoms with Crippen molar-refractivity contribution in [2.24, 2.45) is 0 Å². The zero-order valence-electron chi connectivity index (χ0n) is 14.2. The molecule has 0 heterocycles. The molecule has 24 heavy (non-hydrogen) atoms. The second-order valence-electron chi connectivity index (χ2n) is 4.36. The smallest absolute Gasteiger partial charge is 0.338 e. The molecule has 6 nitrogen and oxygen atoms in total. The molecule has 6 heteroatoms. The molecule has 0 aromatic heterocycles. The molecule has 0 bridgehead atoms. The van der Waals surface area contributed by atoms with Crippen LogP contribution >= 0.6 is 0 Å². The van der Waals surface area contributed by atoms with Gasteiger partial charge < -0.3 is 14.2 Å². The fourth-order valence-electron chi connectivity index (χ4n) is 1.46. The van der Waals surface area contributed by atoms with E-state index < -0.39 is 0 Å². The minimum atomic E-state index is -0.356. The van der Waals surface area contributed by atoms with E-state index in [1.807, 2.05) is 6.07 Å². The second kappa shape index (κ2) is 14.0. The molecule has 0 atom stereocenters. The predicted octanol–water partition coefficient (Wildman–Crippen LogP) is 2.92. The van der Waals surface area contributed by atoms with Crippen molar-refractivity contribution in [3.63, 3.8) is 0 Å². The lowest BCUT2D eigenvalue weighted by molar-refractivity contribution is -0.149. The number of hydrogen-bond donors (Lipinski definition) is 0. The summed E-state index contributed by atoms with van der Waals surface area (Å²) in [6.45, 7) is 7.85. The van der Waals surface area contributed by atoms with Crippen molar-refractivity contribution in [1.82, 2.24) is 0 Å². The third-order valence-corrected chi connectivity index (χ3v) is 2.49. The molecular formula is C18H24O6. The van der Waals surface area contributed by atoms with E-state index in [2.05, 4.69) is 16.1 Å². The summed E-state index contributed by atoms with van der Waals surface area (Å²) >= 11 is 0. The van der Waals surface area contributed by atoms with Crippen LogP contribution < -0.4 is 0 Å². The van der Waals surface area contributed by atoms with Gasteiger partial charge in [-0.15, -0.1) is 0 Å². The van der Waals surface area contributed by atoms with Crippen LogP contribution in [0.3, 0.4) is 0 Å². The van der Waals surface area contributed by atoms with Gasteiger partial charge in [0.2, 0.25) is 0 Å². The highest BCUT2D eigenvalue weighted by molar-refractivity contribution is 5.89. The van der Waals surface area contributed by atoms with Crippen molar-refractivity contribution in [1.29, 1.82) is 0 Å². The maximum absolute atomic E-state index is 11.1. The van der Waals surface area contributed by atoms with Gasteiger partial charge in [-0.2, -0.15) is 0 Å². The number of esters is 3. The highest BCUT2D eigenvalue weighted by atomic mass is 16.5. The first kappa shape index (κ1) is 21.4. The minimum Gasteiger partial charge on any atom is -0.466 e. The maximum Gasteiger partial charge on any atom is 0.338 e. The van der Waals surface area contributed by atoms with E-state index >= 15 is 0 Å². The third-order valence-electron chi connectivity index (χ3n) is 2.49. The average molecular weight is 336 g/mol. The summed E-state index contributed by atoms with van der Waals surface area (Å²) in [5.41, 5.74) is 0.569. The van der Waals surface area contributed by atoms with E-state index in [4.69, 9.17) is 4.74 Å². The molecule has 0 aliphatic heterocycles. The number of carbonyl (C=O) groups excluding carboxylic acids is 3. The molecule has 1 aromatic rings. The van der Waals surface area contributed by atoms with E-state index in [0.29, 0.717) is 18.8 Å². The van der Waals surface area contributed by atoms with Crippen LogP contribution in [0.15, 0.2) is 43.0 Å². The summed E-state index contributed by atoms with van der Waals surface area (Å²) in [6.07, 6.45) is 1.75. The Kier molecular flexibility index (Phi) is 12.5. The van der Waals surface area contributed by atoms with Crippen LogP contribution in [0, 0.1) is 0 Å². The SMILES string of the molecule is C=CCOC(=O)c1ccccc1.CCOC(=O)CCC(=O)OCC. The normalized spacial score (nSPS) is 9.08. The first-order valence-corrected chi connectivity index (χ1v) is 7.69. The Hall–Kier alpha value is -2.63. The van der Waals surface area contributed by atoms with E-state index in [1.54, 1.807) is 44.2 Å². The van der Waals surface area contributed by atoms with Gasteiger partial charge in [-0.05, 0) is 26.0 Å². The van der Waals surface area contributed by atoms with Crippen LogP contribution in [0.1, 0.15) is 37.0 Å². The van der Waals surface area contributed by atoms with Crippen molar-refractivity contribution in [2.75, 3.05) is 19.8 Å². The standard InChI is InChI=1S/C10H10O2.C8H14O4/c1-2-8-12-10(11)9-6-4-3-5-7-9;1-3-11-7(9)5-6-8(10)12-4-2/h2-7H,1,8H2;3-6H2,1-2H3. The predicted molar refractivity (Wildman–Crippen MR) is 89.4 cm³/mol. The van der Waals surface area contributed by atoms with Crippen LogP contribution in [-0.4, -0.2) is 37.7 Å². The van der Waals surface area contributed by atoms with Gasteiger partial charge in [0.15, 0.2) is 0 Å². The van der Waals surface area contributed by atoms with Crippen LogP contribution in [0.2, 0.25) is 0 Å². The maximum atomic E-state index is 11.1. The van der Waals surface area contributed by atoms with Gasteiger partial charge in [-0.3, -0.25) is 9.59 Å². The lowest BCUT2D eigenvalue weighted by atomic mass is 10.2. The number of hydrogen-bond acceptors (Lipinski definition) is 6. The summed E-state index contributed by atoms with van der Waals surface area (Å²) in [5.74, 6) is -1.02. The van der Waals surface area contributed by atoms with Crippen molar-refractivity contribution >= 4 is 17.9 Å². The molecule has 0 saturated heterocycles. The topological polar surface area (TPSA) is 78.9 Å². The quantitative estimate of drug-likeness (QED) is 0.412. The van der Waals surface area contributed by atoms with Gasteiger partial charge >= 0.3 is 17.9 Å². The Labute approximate surface area is 142 Å². The molecule has 0 aliphatic rings. The molecule has 0 radical (unpaired) electrons. The first-order valence-electron chi connectivity index (χ1n) is 7.69. The van der Waals surface area contributed by atoms with Crippen LogP contribution in [0.4, 0.5) is 0 Å². The van der Waals surface area contributed by atoms with Gasteiger partial charge in [0.05, 0.1) is 31.6 Å². The lowest BCUT2D eigenvalue weighted by Crippen LogP contribution is -2.09. The zero-order chi connectivity index (χ0) is 18.2. The Balaban J connectivity index is 0.000000441.